The number of methoxy groups -OCH3 is 1. The van der Waals surface area contributed by atoms with Crippen LogP contribution in [0.1, 0.15) is 15.4 Å². The summed E-state index contributed by atoms with van der Waals surface area (Å²) in [4.78, 5) is 18.6. The van der Waals surface area contributed by atoms with Crippen LogP contribution in [0.25, 0.3) is 16.2 Å². The average Bonchev–Trinajstić information content (AvgIpc) is 3.02. The maximum absolute atomic E-state index is 11.7. The van der Waals surface area contributed by atoms with Crippen molar-refractivity contribution in [1.29, 1.82) is 0 Å². The molecule has 0 aromatic carbocycles. The molecule has 0 saturated heterocycles. The van der Waals surface area contributed by atoms with E-state index in [0.717, 1.165) is 16.2 Å². The predicted molar refractivity (Wildman–Crippen MR) is 74.6 cm³/mol. The zero-order valence-corrected chi connectivity index (χ0v) is 11.4. The Labute approximate surface area is 114 Å². The highest BCUT2D eigenvalue weighted by atomic mass is 32.1. The summed E-state index contributed by atoms with van der Waals surface area (Å²) in [5, 5.41) is 0. The van der Waals surface area contributed by atoms with E-state index < -0.39 is 0 Å². The first-order valence-electron chi connectivity index (χ1n) is 5.82. The second kappa shape index (κ2) is 4.51. The van der Waals surface area contributed by atoms with Crippen LogP contribution in [0.15, 0.2) is 36.5 Å². The molecular weight excluding hydrogens is 260 g/mol. The van der Waals surface area contributed by atoms with Crippen molar-refractivity contribution in [3.63, 3.8) is 0 Å². The Bertz CT molecular complexity index is 758. The van der Waals surface area contributed by atoms with E-state index in [9.17, 15) is 4.79 Å². The number of ether oxygens (including phenoxy) is 1. The van der Waals surface area contributed by atoms with Gasteiger partial charge in [0.2, 0.25) is 0 Å². The van der Waals surface area contributed by atoms with Crippen LogP contribution >= 0.6 is 11.3 Å². The summed E-state index contributed by atoms with van der Waals surface area (Å²) >= 11 is 1.68. The van der Waals surface area contributed by atoms with Gasteiger partial charge >= 0.3 is 5.97 Å². The number of nitrogens with zero attached hydrogens (tertiary/aromatic N) is 2. The Balaban J connectivity index is 2.18. The molecule has 4 nitrogen and oxygen atoms in total. The highest BCUT2D eigenvalue weighted by Gasteiger charge is 2.13. The van der Waals surface area contributed by atoms with Gasteiger partial charge in [-0.2, -0.15) is 0 Å². The molecule has 0 bridgehead atoms. The molecule has 0 radical (unpaired) electrons. The lowest BCUT2D eigenvalue weighted by Crippen LogP contribution is -2.06. The molecule has 3 aromatic heterocycles. The summed E-state index contributed by atoms with van der Waals surface area (Å²) in [7, 11) is 1.38. The van der Waals surface area contributed by atoms with Gasteiger partial charge in [0.25, 0.3) is 0 Å². The van der Waals surface area contributed by atoms with Gasteiger partial charge in [-0.15, -0.1) is 11.3 Å². The second-order valence-electron chi connectivity index (χ2n) is 4.17. The number of rotatable bonds is 2. The van der Waals surface area contributed by atoms with E-state index in [-0.39, 0.29) is 5.97 Å². The van der Waals surface area contributed by atoms with Gasteiger partial charge in [-0.25, -0.2) is 9.78 Å². The molecule has 96 valence electrons. The third-order valence-corrected chi connectivity index (χ3v) is 3.90. The maximum atomic E-state index is 11.7. The molecule has 0 amide bonds. The smallest absolute Gasteiger partial charge is 0.355 e. The van der Waals surface area contributed by atoms with Gasteiger partial charge in [-0.3, -0.25) is 4.40 Å². The number of esters is 1. The highest BCUT2D eigenvalue weighted by molar-refractivity contribution is 7.15. The van der Waals surface area contributed by atoms with Crippen LogP contribution in [0, 0.1) is 6.92 Å². The molecule has 0 unspecified atom stereocenters. The number of imidazole rings is 1. The number of carbonyl (C=O) groups excluding carboxylic acids is 1. The lowest BCUT2D eigenvalue weighted by molar-refractivity contribution is 0.0592. The first-order chi connectivity index (χ1) is 9.19. The molecule has 3 heterocycles. The van der Waals surface area contributed by atoms with Gasteiger partial charge in [0.1, 0.15) is 11.3 Å². The highest BCUT2D eigenvalue weighted by Crippen LogP contribution is 2.27. The number of thiophene rings is 1. The van der Waals surface area contributed by atoms with E-state index in [1.165, 1.54) is 12.0 Å². The van der Waals surface area contributed by atoms with Crippen LogP contribution in [-0.2, 0) is 4.74 Å². The van der Waals surface area contributed by atoms with Gasteiger partial charge in [-0.05, 0) is 31.2 Å². The lowest BCUT2D eigenvalue weighted by Gasteiger charge is -2.01. The minimum Gasteiger partial charge on any atom is -0.464 e. The molecule has 5 heteroatoms. The molecule has 0 spiro atoms. The summed E-state index contributed by atoms with van der Waals surface area (Å²) in [6, 6.07) is 9.50. The quantitative estimate of drug-likeness (QED) is 0.673. The summed E-state index contributed by atoms with van der Waals surface area (Å²) in [6.07, 6.45) is 1.87. The first-order valence-corrected chi connectivity index (χ1v) is 6.64. The minimum atomic E-state index is -0.364. The van der Waals surface area contributed by atoms with Crippen LogP contribution < -0.4 is 0 Å². The van der Waals surface area contributed by atoms with Crippen LogP contribution in [0.2, 0.25) is 0 Å². The Morgan fingerprint density at radius 2 is 2.16 bits per heavy atom. The minimum absolute atomic E-state index is 0.364. The largest absolute Gasteiger partial charge is 0.464 e. The van der Waals surface area contributed by atoms with Crippen molar-refractivity contribution in [2.24, 2.45) is 0 Å². The van der Waals surface area contributed by atoms with Crippen molar-refractivity contribution in [1.82, 2.24) is 9.38 Å². The normalized spacial score (nSPS) is 10.8. The van der Waals surface area contributed by atoms with Crippen molar-refractivity contribution < 1.29 is 9.53 Å². The van der Waals surface area contributed by atoms with Crippen LogP contribution in [-0.4, -0.2) is 22.5 Å². The van der Waals surface area contributed by atoms with Gasteiger partial charge in [0, 0.05) is 11.1 Å². The molecular formula is C14H12N2O2S. The topological polar surface area (TPSA) is 43.6 Å². The lowest BCUT2D eigenvalue weighted by atomic mass is 10.3. The zero-order valence-electron chi connectivity index (χ0n) is 10.6. The summed E-state index contributed by atoms with van der Waals surface area (Å²) in [5.74, 6) is -0.364. The molecule has 3 rings (SSSR count). The van der Waals surface area contributed by atoms with E-state index in [0.29, 0.717) is 5.69 Å². The zero-order chi connectivity index (χ0) is 13.4. The van der Waals surface area contributed by atoms with E-state index >= 15 is 0 Å². The Hall–Kier alpha value is -2.14. The number of hydrogen-bond donors (Lipinski definition) is 0. The first kappa shape index (κ1) is 11.9. The van der Waals surface area contributed by atoms with Crippen LogP contribution in [0.3, 0.4) is 0 Å². The van der Waals surface area contributed by atoms with Crippen molar-refractivity contribution in [3.8, 4) is 10.6 Å². The van der Waals surface area contributed by atoms with E-state index in [4.69, 9.17) is 4.74 Å². The Kier molecular flexibility index (Phi) is 2.83. The molecule has 0 fully saturated rings. The molecule has 0 aliphatic carbocycles. The second-order valence-corrected chi connectivity index (χ2v) is 5.46. The molecule has 19 heavy (non-hydrogen) atoms. The predicted octanol–water partition coefficient (Wildman–Crippen LogP) is 3.16. The molecule has 0 N–H and O–H groups in total. The van der Waals surface area contributed by atoms with Gasteiger partial charge in [0.05, 0.1) is 17.7 Å². The fraction of sp³-hybridized carbons (Fsp3) is 0.143. The Morgan fingerprint density at radius 1 is 1.32 bits per heavy atom. The molecule has 0 saturated carbocycles. The van der Waals surface area contributed by atoms with E-state index in [2.05, 4.69) is 18.0 Å². The SMILES string of the molecule is COC(=O)c1cccc2nc(-c3ccc(C)s3)cn12. The summed E-state index contributed by atoms with van der Waals surface area (Å²) in [5.41, 5.74) is 2.09. The van der Waals surface area contributed by atoms with Crippen molar-refractivity contribution >= 4 is 23.0 Å². The number of carbonyl (C=O) groups is 1. The summed E-state index contributed by atoms with van der Waals surface area (Å²) < 4.78 is 6.54. The van der Waals surface area contributed by atoms with Crippen molar-refractivity contribution in [2.75, 3.05) is 7.11 Å². The number of fused-ring (bicyclic) bond motifs is 1. The van der Waals surface area contributed by atoms with Crippen molar-refractivity contribution in [2.45, 2.75) is 6.92 Å². The number of aromatic nitrogens is 2. The van der Waals surface area contributed by atoms with Crippen LogP contribution in [0.5, 0.6) is 0 Å². The Morgan fingerprint density at radius 3 is 2.84 bits per heavy atom. The third kappa shape index (κ3) is 2.02. The van der Waals surface area contributed by atoms with Crippen LogP contribution in [0.4, 0.5) is 0 Å². The molecule has 3 aromatic rings. The molecule has 0 aliphatic rings. The number of hydrogen-bond acceptors (Lipinski definition) is 4. The number of aryl methyl sites for hydroxylation is 1. The van der Waals surface area contributed by atoms with E-state index in [1.54, 1.807) is 27.9 Å². The van der Waals surface area contributed by atoms with Crippen molar-refractivity contribution in [3.05, 3.63) is 47.1 Å². The van der Waals surface area contributed by atoms with E-state index in [1.807, 2.05) is 18.3 Å². The molecule has 0 aliphatic heterocycles. The monoisotopic (exact) mass is 272 g/mol. The van der Waals surface area contributed by atoms with Gasteiger partial charge < -0.3 is 4.74 Å². The fourth-order valence-corrected chi connectivity index (χ4v) is 2.79. The van der Waals surface area contributed by atoms with Gasteiger partial charge in [0.15, 0.2) is 0 Å². The van der Waals surface area contributed by atoms with Gasteiger partial charge in [-0.1, -0.05) is 6.07 Å². The standard InChI is InChI=1S/C14H12N2O2S/c1-9-6-7-12(19-9)10-8-16-11(14(17)18-2)4-3-5-13(16)15-10/h3-8H,1-2H3. The number of pyridine rings is 1. The average molecular weight is 272 g/mol. The third-order valence-electron chi connectivity index (χ3n) is 2.88. The summed E-state index contributed by atoms with van der Waals surface area (Å²) in [6.45, 7) is 2.06. The molecule has 0 atom stereocenters. The fourth-order valence-electron chi connectivity index (χ4n) is 1.97. The maximum Gasteiger partial charge on any atom is 0.355 e.